The smallest absolute Gasteiger partial charge is 0.150 e. The summed E-state index contributed by atoms with van der Waals surface area (Å²) >= 11 is 6.12. The van der Waals surface area contributed by atoms with Crippen molar-refractivity contribution in [1.82, 2.24) is 4.98 Å². The van der Waals surface area contributed by atoms with E-state index in [1.165, 1.54) is 0 Å². The maximum atomic E-state index is 11.5. The molecule has 2 atom stereocenters. The van der Waals surface area contributed by atoms with Crippen LogP contribution in [0.15, 0.2) is 30.5 Å². The van der Waals surface area contributed by atoms with Gasteiger partial charge in [-0.3, -0.25) is 4.98 Å². The first-order valence-corrected chi connectivity index (χ1v) is 8.59. The van der Waals surface area contributed by atoms with E-state index in [2.05, 4.69) is 4.98 Å². The standard InChI is InChI=1S/C14H14ClNO3S/c15-12-4-3-11(13-10(12)2-1-6-16-13)14(17)9-5-7-20(18,19)8-9/h1-4,6,9,14,17H,5,7-8H2. The molecule has 1 saturated heterocycles. The maximum Gasteiger partial charge on any atom is 0.150 e. The molecule has 1 fully saturated rings. The zero-order valence-corrected chi connectivity index (χ0v) is 12.2. The summed E-state index contributed by atoms with van der Waals surface area (Å²) in [5.41, 5.74) is 1.28. The number of hydrogen-bond donors (Lipinski definition) is 1. The van der Waals surface area contributed by atoms with E-state index >= 15 is 0 Å². The number of aliphatic hydroxyl groups excluding tert-OH is 1. The largest absolute Gasteiger partial charge is 0.388 e. The fraction of sp³-hybridized carbons (Fsp3) is 0.357. The van der Waals surface area contributed by atoms with Crippen LogP contribution in [0.5, 0.6) is 0 Å². The van der Waals surface area contributed by atoms with Crippen LogP contribution in [0.25, 0.3) is 10.9 Å². The summed E-state index contributed by atoms with van der Waals surface area (Å²) in [6.07, 6.45) is 1.29. The summed E-state index contributed by atoms with van der Waals surface area (Å²) in [6.45, 7) is 0. The number of pyridine rings is 1. The van der Waals surface area contributed by atoms with Crippen molar-refractivity contribution in [1.29, 1.82) is 0 Å². The highest BCUT2D eigenvalue weighted by Gasteiger charge is 2.34. The molecule has 1 aliphatic rings. The Labute approximate surface area is 122 Å². The van der Waals surface area contributed by atoms with Gasteiger partial charge in [-0.1, -0.05) is 17.7 Å². The molecule has 3 rings (SSSR count). The molecule has 0 radical (unpaired) electrons. The Bertz CT molecular complexity index is 760. The highest BCUT2D eigenvalue weighted by molar-refractivity contribution is 7.91. The topological polar surface area (TPSA) is 67.3 Å². The van der Waals surface area contributed by atoms with Crippen molar-refractivity contribution in [3.8, 4) is 0 Å². The SMILES string of the molecule is O=S1(=O)CCC(C(O)c2ccc(Cl)c3cccnc23)C1. The number of sulfone groups is 1. The van der Waals surface area contributed by atoms with Crippen LogP contribution >= 0.6 is 11.6 Å². The van der Waals surface area contributed by atoms with E-state index in [0.717, 1.165) is 5.39 Å². The molecule has 4 nitrogen and oxygen atoms in total. The van der Waals surface area contributed by atoms with Crippen molar-refractivity contribution < 1.29 is 13.5 Å². The average molecular weight is 312 g/mol. The van der Waals surface area contributed by atoms with Gasteiger partial charge in [0.25, 0.3) is 0 Å². The third-order valence-electron chi connectivity index (χ3n) is 3.78. The number of rotatable bonds is 2. The van der Waals surface area contributed by atoms with Crippen LogP contribution in [0.2, 0.25) is 5.02 Å². The summed E-state index contributed by atoms with van der Waals surface area (Å²) in [4.78, 5) is 4.28. The van der Waals surface area contributed by atoms with Crippen molar-refractivity contribution >= 4 is 32.3 Å². The second-order valence-corrected chi connectivity index (χ2v) is 7.78. The van der Waals surface area contributed by atoms with Gasteiger partial charge in [0, 0.05) is 28.1 Å². The van der Waals surface area contributed by atoms with Crippen molar-refractivity contribution in [2.24, 2.45) is 5.92 Å². The summed E-state index contributed by atoms with van der Waals surface area (Å²) in [5, 5.41) is 11.8. The lowest BCUT2D eigenvalue weighted by molar-refractivity contribution is 0.122. The Balaban J connectivity index is 2.04. The molecule has 0 saturated carbocycles. The number of benzene rings is 1. The van der Waals surface area contributed by atoms with Gasteiger partial charge in [0.1, 0.15) is 0 Å². The Kier molecular flexibility index (Phi) is 3.44. The van der Waals surface area contributed by atoms with Crippen LogP contribution < -0.4 is 0 Å². The van der Waals surface area contributed by atoms with Gasteiger partial charge in [0.05, 0.1) is 23.1 Å². The van der Waals surface area contributed by atoms with Crippen LogP contribution in [-0.4, -0.2) is 30.0 Å². The lowest BCUT2D eigenvalue weighted by Gasteiger charge is -2.18. The number of aromatic nitrogens is 1. The molecular formula is C14H14ClNO3S. The van der Waals surface area contributed by atoms with E-state index in [0.29, 0.717) is 22.5 Å². The first-order valence-electron chi connectivity index (χ1n) is 6.39. The second kappa shape index (κ2) is 4.98. The van der Waals surface area contributed by atoms with Crippen LogP contribution in [0.1, 0.15) is 18.1 Å². The molecule has 1 aliphatic heterocycles. The van der Waals surface area contributed by atoms with E-state index in [1.807, 2.05) is 6.07 Å². The fourth-order valence-corrected chi connectivity index (χ4v) is 4.77. The molecule has 2 unspecified atom stereocenters. The second-order valence-electron chi connectivity index (χ2n) is 5.14. The lowest BCUT2D eigenvalue weighted by Crippen LogP contribution is -2.15. The highest BCUT2D eigenvalue weighted by Crippen LogP contribution is 2.35. The molecule has 2 aromatic rings. The van der Waals surface area contributed by atoms with Crippen molar-refractivity contribution in [3.63, 3.8) is 0 Å². The van der Waals surface area contributed by atoms with Crippen molar-refractivity contribution in [2.75, 3.05) is 11.5 Å². The Hall–Kier alpha value is -1.17. The highest BCUT2D eigenvalue weighted by atomic mass is 35.5. The predicted molar refractivity (Wildman–Crippen MR) is 78.5 cm³/mol. The quantitative estimate of drug-likeness (QED) is 0.924. The molecule has 1 aromatic carbocycles. The zero-order valence-electron chi connectivity index (χ0n) is 10.7. The molecule has 0 aliphatic carbocycles. The lowest BCUT2D eigenvalue weighted by atomic mass is 9.93. The van der Waals surface area contributed by atoms with Crippen LogP contribution in [0.3, 0.4) is 0 Å². The minimum Gasteiger partial charge on any atom is -0.388 e. The van der Waals surface area contributed by atoms with Gasteiger partial charge < -0.3 is 5.11 Å². The minimum absolute atomic E-state index is 0.0329. The Morgan fingerprint density at radius 1 is 1.35 bits per heavy atom. The number of halogens is 1. The number of hydrogen-bond acceptors (Lipinski definition) is 4. The summed E-state index contributed by atoms with van der Waals surface area (Å²) in [5.74, 6) is -0.0925. The van der Waals surface area contributed by atoms with E-state index in [-0.39, 0.29) is 17.4 Å². The first-order chi connectivity index (χ1) is 9.48. The number of fused-ring (bicyclic) bond motifs is 1. The predicted octanol–water partition coefficient (Wildman–Crippen LogP) is 2.36. The van der Waals surface area contributed by atoms with E-state index in [1.54, 1.807) is 24.4 Å². The summed E-state index contributed by atoms with van der Waals surface area (Å²) < 4.78 is 23.1. The minimum atomic E-state index is -3.02. The van der Waals surface area contributed by atoms with Crippen LogP contribution in [0, 0.1) is 5.92 Å². The monoisotopic (exact) mass is 311 g/mol. The molecule has 1 N–H and O–H groups in total. The number of nitrogens with zero attached hydrogens (tertiary/aromatic N) is 1. The van der Waals surface area contributed by atoms with Gasteiger partial charge in [-0.2, -0.15) is 0 Å². The molecule has 0 bridgehead atoms. The van der Waals surface area contributed by atoms with Gasteiger partial charge in [0.15, 0.2) is 9.84 Å². The van der Waals surface area contributed by atoms with Gasteiger partial charge in [-0.15, -0.1) is 0 Å². The molecule has 106 valence electrons. The average Bonchev–Trinajstić information content (AvgIpc) is 2.79. The summed E-state index contributed by atoms with van der Waals surface area (Å²) in [6, 6.07) is 7.07. The Morgan fingerprint density at radius 2 is 2.15 bits per heavy atom. The number of aliphatic hydroxyl groups is 1. The fourth-order valence-electron chi connectivity index (χ4n) is 2.73. The van der Waals surface area contributed by atoms with Crippen LogP contribution in [0.4, 0.5) is 0 Å². The van der Waals surface area contributed by atoms with E-state index in [4.69, 9.17) is 11.6 Å². The molecule has 0 amide bonds. The van der Waals surface area contributed by atoms with Crippen LogP contribution in [-0.2, 0) is 9.84 Å². The third kappa shape index (κ3) is 2.41. The Morgan fingerprint density at radius 3 is 2.85 bits per heavy atom. The van der Waals surface area contributed by atoms with E-state index in [9.17, 15) is 13.5 Å². The normalized spacial score (nSPS) is 23.0. The third-order valence-corrected chi connectivity index (χ3v) is 5.90. The van der Waals surface area contributed by atoms with Gasteiger partial charge >= 0.3 is 0 Å². The zero-order chi connectivity index (χ0) is 14.3. The van der Waals surface area contributed by atoms with Gasteiger partial charge in [0.2, 0.25) is 0 Å². The first kappa shape index (κ1) is 13.8. The van der Waals surface area contributed by atoms with Crippen molar-refractivity contribution in [3.05, 3.63) is 41.0 Å². The maximum absolute atomic E-state index is 11.5. The molecule has 0 spiro atoms. The van der Waals surface area contributed by atoms with Gasteiger partial charge in [-0.25, -0.2) is 8.42 Å². The molecular weight excluding hydrogens is 298 g/mol. The molecule has 1 aromatic heterocycles. The molecule has 2 heterocycles. The van der Waals surface area contributed by atoms with Crippen molar-refractivity contribution in [2.45, 2.75) is 12.5 Å². The molecule has 20 heavy (non-hydrogen) atoms. The molecule has 6 heteroatoms. The summed E-state index contributed by atoms with van der Waals surface area (Å²) in [7, 11) is -3.02. The van der Waals surface area contributed by atoms with E-state index < -0.39 is 15.9 Å². The van der Waals surface area contributed by atoms with Gasteiger partial charge in [-0.05, 0) is 24.6 Å².